The van der Waals surface area contributed by atoms with Crippen molar-refractivity contribution in [3.63, 3.8) is 0 Å². The standard InChI is InChI=1S/C12H15NO/c1-3-4-5-6-12(14)11-8-7-10(2)13-9-11/h7-9,12,14H,5-6H2,1-2H3. The average molecular weight is 189 g/mol. The Labute approximate surface area is 85.0 Å². The van der Waals surface area contributed by atoms with Gasteiger partial charge in [-0.1, -0.05) is 6.07 Å². The van der Waals surface area contributed by atoms with Crippen molar-refractivity contribution in [2.75, 3.05) is 0 Å². The second-order valence-electron chi connectivity index (χ2n) is 3.21. The highest BCUT2D eigenvalue weighted by Crippen LogP contribution is 2.16. The third-order valence-electron chi connectivity index (χ3n) is 2.04. The summed E-state index contributed by atoms with van der Waals surface area (Å²) in [5.41, 5.74) is 1.84. The van der Waals surface area contributed by atoms with Crippen LogP contribution < -0.4 is 0 Å². The molecule has 2 heteroatoms. The third kappa shape index (κ3) is 3.20. The second-order valence-corrected chi connectivity index (χ2v) is 3.21. The molecule has 74 valence electrons. The molecule has 0 aliphatic rings. The Kier molecular flexibility index (Phi) is 4.15. The van der Waals surface area contributed by atoms with Crippen LogP contribution in [0.4, 0.5) is 0 Å². The molecule has 1 atom stereocenters. The lowest BCUT2D eigenvalue weighted by molar-refractivity contribution is 0.169. The van der Waals surface area contributed by atoms with Crippen LogP contribution in [0.2, 0.25) is 0 Å². The molecule has 1 aromatic rings. The van der Waals surface area contributed by atoms with Crippen molar-refractivity contribution < 1.29 is 5.11 Å². The molecule has 1 aromatic heterocycles. The lowest BCUT2D eigenvalue weighted by Crippen LogP contribution is -1.97. The third-order valence-corrected chi connectivity index (χ3v) is 2.04. The van der Waals surface area contributed by atoms with Gasteiger partial charge in [-0.25, -0.2) is 0 Å². The van der Waals surface area contributed by atoms with Crippen LogP contribution in [0.5, 0.6) is 0 Å². The van der Waals surface area contributed by atoms with Crippen molar-refractivity contribution >= 4 is 0 Å². The van der Waals surface area contributed by atoms with Crippen LogP contribution in [0.3, 0.4) is 0 Å². The van der Waals surface area contributed by atoms with Crippen LogP contribution in [-0.4, -0.2) is 10.1 Å². The Hall–Kier alpha value is -1.33. The van der Waals surface area contributed by atoms with Gasteiger partial charge in [-0.2, -0.15) is 0 Å². The number of hydrogen-bond donors (Lipinski definition) is 1. The Morgan fingerprint density at radius 2 is 2.29 bits per heavy atom. The first-order chi connectivity index (χ1) is 6.74. The average Bonchev–Trinajstić information content (AvgIpc) is 2.19. The summed E-state index contributed by atoms with van der Waals surface area (Å²) in [6, 6.07) is 3.82. The number of aromatic nitrogens is 1. The molecular formula is C12H15NO. The first-order valence-corrected chi connectivity index (χ1v) is 4.74. The molecule has 1 heterocycles. The summed E-state index contributed by atoms with van der Waals surface area (Å²) in [7, 11) is 0. The van der Waals surface area contributed by atoms with E-state index >= 15 is 0 Å². The molecule has 0 aliphatic heterocycles. The number of aryl methyl sites for hydroxylation is 1. The maximum absolute atomic E-state index is 9.73. The fourth-order valence-electron chi connectivity index (χ4n) is 1.18. The molecule has 1 rings (SSSR count). The minimum absolute atomic E-state index is 0.441. The summed E-state index contributed by atoms with van der Waals surface area (Å²) in [5, 5.41) is 9.73. The van der Waals surface area contributed by atoms with Gasteiger partial charge < -0.3 is 5.11 Å². The molecule has 0 fully saturated rings. The molecule has 0 aromatic carbocycles. The van der Waals surface area contributed by atoms with Gasteiger partial charge in [0.15, 0.2) is 0 Å². The number of aliphatic hydroxyl groups is 1. The second kappa shape index (κ2) is 5.41. The van der Waals surface area contributed by atoms with Gasteiger partial charge in [0.05, 0.1) is 6.10 Å². The maximum Gasteiger partial charge on any atom is 0.0814 e. The lowest BCUT2D eigenvalue weighted by Gasteiger charge is -2.08. The molecule has 2 nitrogen and oxygen atoms in total. The summed E-state index contributed by atoms with van der Waals surface area (Å²) in [4.78, 5) is 4.13. The van der Waals surface area contributed by atoms with E-state index in [1.807, 2.05) is 19.1 Å². The van der Waals surface area contributed by atoms with Gasteiger partial charge in [-0.15, -0.1) is 11.8 Å². The highest BCUT2D eigenvalue weighted by atomic mass is 16.3. The molecular weight excluding hydrogens is 174 g/mol. The smallest absolute Gasteiger partial charge is 0.0814 e. The summed E-state index contributed by atoms with van der Waals surface area (Å²) in [5.74, 6) is 5.74. The molecule has 0 bridgehead atoms. The monoisotopic (exact) mass is 189 g/mol. The Morgan fingerprint density at radius 3 is 2.86 bits per heavy atom. The van der Waals surface area contributed by atoms with E-state index in [0.717, 1.165) is 17.7 Å². The first kappa shape index (κ1) is 10.7. The van der Waals surface area contributed by atoms with Crippen molar-refractivity contribution in [3.05, 3.63) is 29.6 Å². The zero-order valence-corrected chi connectivity index (χ0v) is 8.62. The zero-order chi connectivity index (χ0) is 10.4. The summed E-state index contributed by atoms with van der Waals surface area (Å²) < 4.78 is 0. The van der Waals surface area contributed by atoms with Crippen molar-refractivity contribution in [2.24, 2.45) is 0 Å². The molecule has 0 saturated heterocycles. The fraction of sp³-hybridized carbons (Fsp3) is 0.417. The number of rotatable bonds is 3. The summed E-state index contributed by atoms with van der Waals surface area (Å²) in [6.07, 6.45) is 2.68. The summed E-state index contributed by atoms with van der Waals surface area (Å²) >= 11 is 0. The van der Waals surface area contributed by atoms with Crippen molar-refractivity contribution in [1.82, 2.24) is 4.98 Å². The highest BCUT2D eigenvalue weighted by Gasteiger charge is 2.05. The van der Waals surface area contributed by atoms with E-state index in [1.54, 1.807) is 13.1 Å². The van der Waals surface area contributed by atoms with Gasteiger partial charge in [-0.3, -0.25) is 4.98 Å². The van der Waals surface area contributed by atoms with Crippen LogP contribution >= 0.6 is 0 Å². The van der Waals surface area contributed by atoms with E-state index < -0.39 is 6.10 Å². The van der Waals surface area contributed by atoms with Gasteiger partial charge in [-0.05, 0) is 31.9 Å². The van der Waals surface area contributed by atoms with Gasteiger partial charge in [0.25, 0.3) is 0 Å². The van der Waals surface area contributed by atoms with Crippen molar-refractivity contribution in [2.45, 2.75) is 32.8 Å². The Morgan fingerprint density at radius 1 is 1.50 bits per heavy atom. The maximum atomic E-state index is 9.73. The SMILES string of the molecule is CC#CCCC(O)c1ccc(C)nc1. The molecule has 0 saturated carbocycles. The minimum atomic E-state index is -0.441. The van der Waals surface area contributed by atoms with Crippen molar-refractivity contribution in [1.29, 1.82) is 0 Å². The quantitative estimate of drug-likeness (QED) is 0.740. The topological polar surface area (TPSA) is 33.1 Å². The number of hydrogen-bond acceptors (Lipinski definition) is 2. The van der Waals surface area contributed by atoms with Crippen LogP contribution in [0.1, 0.15) is 37.1 Å². The van der Waals surface area contributed by atoms with Crippen LogP contribution in [0.15, 0.2) is 18.3 Å². The number of aliphatic hydroxyl groups excluding tert-OH is 1. The van der Waals surface area contributed by atoms with Crippen LogP contribution in [0.25, 0.3) is 0 Å². The van der Waals surface area contributed by atoms with Gasteiger partial charge in [0.1, 0.15) is 0 Å². The van der Waals surface area contributed by atoms with E-state index in [1.165, 1.54) is 0 Å². The predicted molar refractivity (Wildman–Crippen MR) is 56.6 cm³/mol. The van der Waals surface area contributed by atoms with E-state index in [4.69, 9.17) is 0 Å². The Balaban J connectivity index is 2.54. The van der Waals surface area contributed by atoms with Gasteiger partial charge >= 0.3 is 0 Å². The molecule has 14 heavy (non-hydrogen) atoms. The molecule has 1 unspecified atom stereocenters. The number of nitrogens with zero attached hydrogens (tertiary/aromatic N) is 1. The lowest BCUT2D eigenvalue weighted by atomic mass is 10.1. The fourth-order valence-corrected chi connectivity index (χ4v) is 1.18. The predicted octanol–water partition coefficient (Wildman–Crippen LogP) is 2.23. The molecule has 0 radical (unpaired) electrons. The van der Waals surface area contributed by atoms with Crippen LogP contribution in [-0.2, 0) is 0 Å². The van der Waals surface area contributed by atoms with Gasteiger partial charge in [0, 0.05) is 18.3 Å². The summed E-state index contributed by atoms with van der Waals surface area (Å²) in [6.45, 7) is 3.73. The van der Waals surface area contributed by atoms with E-state index in [9.17, 15) is 5.11 Å². The molecule has 0 amide bonds. The first-order valence-electron chi connectivity index (χ1n) is 4.74. The Bertz CT molecular complexity index is 332. The molecule has 1 N–H and O–H groups in total. The van der Waals surface area contributed by atoms with Crippen LogP contribution in [0, 0.1) is 18.8 Å². The van der Waals surface area contributed by atoms with E-state index in [0.29, 0.717) is 6.42 Å². The largest absolute Gasteiger partial charge is 0.388 e. The van der Waals surface area contributed by atoms with Gasteiger partial charge in [0.2, 0.25) is 0 Å². The molecule has 0 aliphatic carbocycles. The van der Waals surface area contributed by atoms with E-state index in [-0.39, 0.29) is 0 Å². The van der Waals surface area contributed by atoms with Crippen molar-refractivity contribution in [3.8, 4) is 11.8 Å². The number of pyridine rings is 1. The van der Waals surface area contributed by atoms with E-state index in [2.05, 4.69) is 16.8 Å². The highest BCUT2D eigenvalue weighted by molar-refractivity contribution is 5.15. The zero-order valence-electron chi connectivity index (χ0n) is 8.62. The minimum Gasteiger partial charge on any atom is -0.388 e. The normalized spacial score (nSPS) is 11.6. The molecule has 0 spiro atoms.